The first-order valence-corrected chi connectivity index (χ1v) is 10.7. The Hall–Kier alpha value is -0.920. The molecule has 1 aliphatic heterocycles. The molecule has 0 amide bonds. The van der Waals surface area contributed by atoms with Crippen molar-refractivity contribution in [3.05, 3.63) is 17.5 Å². The summed E-state index contributed by atoms with van der Waals surface area (Å²) in [4.78, 5) is 18.1. The maximum atomic E-state index is 12.4. The summed E-state index contributed by atoms with van der Waals surface area (Å²) >= 11 is 1.20. The van der Waals surface area contributed by atoms with Crippen LogP contribution >= 0.6 is 35.3 Å². The Balaban J connectivity index is 0.00000364. The number of hydrogen-bond donors (Lipinski definition) is 1. The lowest BCUT2D eigenvalue weighted by Crippen LogP contribution is -2.44. The van der Waals surface area contributed by atoms with Crippen LogP contribution in [0.15, 0.2) is 26.7 Å². The number of hydrogen-bond acceptors (Lipinski definition) is 6. The number of sulfonamides is 1. The molecule has 2 atom stereocenters. The molecule has 2 rings (SSSR count). The van der Waals surface area contributed by atoms with E-state index in [1.165, 1.54) is 22.8 Å². The van der Waals surface area contributed by atoms with Gasteiger partial charge in [0.05, 0.1) is 13.0 Å². The fourth-order valence-corrected chi connectivity index (χ4v) is 5.31. The van der Waals surface area contributed by atoms with Crippen molar-refractivity contribution in [2.24, 2.45) is 16.8 Å². The third-order valence-corrected chi connectivity index (χ3v) is 7.73. The Morgan fingerprint density at radius 2 is 2.19 bits per heavy atom. The molecule has 0 aromatic carbocycles. The topological polar surface area (TPSA) is 91.3 Å². The van der Waals surface area contributed by atoms with Crippen LogP contribution in [0.2, 0.25) is 0 Å². The van der Waals surface area contributed by atoms with E-state index in [0.717, 1.165) is 0 Å². The average molecular weight is 530 g/mol. The second kappa shape index (κ2) is 10.6. The van der Waals surface area contributed by atoms with E-state index in [1.807, 2.05) is 11.8 Å². The molecule has 0 radical (unpaired) electrons. The zero-order valence-electron chi connectivity index (χ0n) is 15.9. The summed E-state index contributed by atoms with van der Waals surface area (Å²) in [6.07, 6.45) is 0. The lowest BCUT2D eigenvalue weighted by molar-refractivity contribution is -0.145. The van der Waals surface area contributed by atoms with Crippen molar-refractivity contribution in [2.45, 2.75) is 11.1 Å². The van der Waals surface area contributed by atoms with E-state index in [-0.39, 0.29) is 41.8 Å². The lowest BCUT2D eigenvalue weighted by Gasteiger charge is -2.23. The summed E-state index contributed by atoms with van der Waals surface area (Å²) in [7, 11) is 1.17. The number of halogens is 1. The molecule has 0 spiro atoms. The molecule has 27 heavy (non-hydrogen) atoms. The standard InChI is InChI=1S/C16H26N4O4S2.HI/c1-12-10-20(11-13(12)15(21)24-4)16(17-2)18-7-8-19(3)26(22,23)14-6-5-9-25-14;/h5-6,9,12-13H,7-8,10-11H2,1-4H3,(H,17,18);1H. The highest BCUT2D eigenvalue weighted by Gasteiger charge is 2.36. The van der Waals surface area contributed by atoms with Crippen LogP contribution < -0.4 is 5.32 Å². The predicted octanol–water partition coefficient (Wildman–Crippen LogP) is 1.30. The van der Waals surface area contributed by atoms with E-state index in [0.29, 0.717) is 36.3 Å². The number of likely N-dealkylation sites (N-methyl/N-ethyl adjacent to an activating group) is 1. The fraction of sp³-hybridized carbons (Fsp3) is 0.625. The molecule has 1 saturated heterocycles. The van der Waals surface area contributed by atoms with Gasteiger partial charge in [0, 0.05) is 40.3 Å². The van der Waals surface area contributed by atoms with Crippen molar-refractivity contribution in [2.75, 3.05) is 47.4 Å². The maximum absolute atomic E-state index is 12.4. The summed E-state index contributed by atoms with van der Waals surface area (Å²) < 4.78 is 31.3. The summed E-state index contributed by atoms with van der Waals surface area (Å²) in [5, 5.41) is 4.92. The summed E-state index contributed by atoms with van der Waals surface area (Å²) in [6, 6.07) is 3.32. The number of aliphatic imine (C=N–C) groups is 1. The Morgan fingerprint density at radius 3 is 2.74 bits per heavy atom. The van der Waals surface area contributed by atoms with Gasteiger partial charge in [-0.1, -0.05) is 13.0 Å². The molecular formula is C16H27IN4O4S2. The van der Waals surface area contributed by atoms with Gasteiger partial charge in [-0.05, 0) is 17.4 Å². The quantitative estimate of drug-likeness (QED) is 0.258. The maximum Gasteiger partial charge on any atom is 0.310 e. The number of thiophene rings is 1. The van der Waals surface area contributed by atoms with E-state index in [4.69, 9.17) is 4.74 Å². The van der Waals surface area contributed by atoms with Gasteiger partial charge in [0.2, 0.25) is 0 Å². The molecule has 0 bridgehead atoms. The van der Waals surface area contributed by atoms with Gasteiger partial charge in [-0.15, -0.1) is 35.3 Å². The summed E-state index contributed by atoms with van der Waals surface area (Å²) in [5.74, 6) is 0.436. The predicted molar refractivity (Wildman–Crippen MR) is 117 cm³/mol. The molecule has 1 fully saturated rings. The van der Waals surface area contributed by atoms with Gasteiger partial charge >= 0.3 is 5.97 Å². The Bertz CT molecular complexity index is 740. The third kappa shape index (κ3) is 5.78. The van der Waals surface area contributed by atoms with Gasteiger partial charge in [0.15, 0.2) is 5.96 Å². The molecule has 0 aliphatic carbocycles. The van der Waals surface area contributed by atoms with Gasteiger partial charge in [0.1, 0.15) is 4.21 Å². The Kier molecular flexibility index (Phi) is 9.45. The van der Waals surface area contributed by atoms with E-state index in [9.17, 15) is 13.2 Å². The van der Waals surface area contributed by atoms with Crippen molar-refractivity contribution in [3.8, 4) is 0 Å². The van der Waals surface area contributed by atoms with Crippen LogP contribution in [0.3, 0.4) is 0 Å². The van der Waals surface area contributed by atoms with Crippen LogP contribution in [-0.2, 0) is 19.6 Å². The number of likely N-dealkylation sites (tertiary alicyclic amines) is 1. The smallest absolute Gasteiger partial charge is 0.310 e. The van der Waals surface area contributed by atoms with Crippen LogP contribution in [-0.4, -0.2) is 76.9 Å². The fourth-order valence-electron chi connectivity index (χ4n) is 2.94. The second-order valence-electron chi connectivity index (χ2n) is 6.24. The minimum Gasteiger partial charge on any atom is -0.469 e. The van der Waals surface area contributed by atoms with Crippen molar-refractivity contribution in [1.82, 2.24) is 14.5 Å². The van der Waals surface area contributed by atoms with Gasteiger partial charge in [-0.25, -0.2) is 8.42 Å². The summed E-state index contributed by atoms with van der Waals surface area (Å²) in [6.45, 7) is 3.97. The molecular weight excluding hydrogens is 503 g/mol. The molecule has 1 N–H and O–H groups in total. The van der Waals surface area contributed by atoms with E-state index in [2.05, 4.69) is 10.3 Å². The van der Waals surface area contributed by atoms with Crippen LogP contribution in [0.4, 0.5) is 0 Å². The highest BCUT2D eigenvalue weighted by Crippen LogP contribution is 2.24. The third-order valence-electron chi connectivity index (χ3n) is 4.50. The number of carbonyl (C=O) groups is 1. The number of methoxy groups -OCH3 is 1. The number of rotatable bonds is 6. The van der Waals surface area contributed by atoms with Gasteiger partial charge in [-0.2, -0.15) is 4.31 Å². The number of nitrogens with zero attached hydrogens (tertiary/aromatic N) is 3. The van der Waals surface area contributed by atoms with Crippen molar-refractivity contribution < 1.29 is 17.9 Å². The van der Waals surface area contributed by atoms with Crippen molar-refractivity contribution >= 4 is 57.3 Å². The molecule has 11 heteroatoms. The van der Waals surface area contributed by atoms with Crippen LogP contribution in [0.5, 0.6) is 0 Å². The van der Waals surface area contributed by atoms with E-state index >= 15 is 0 Å². The molecule has 2 unspecified atom stereocenters. The largest absolute Gasteiger partial charge is 0.469 e. The molecule has 0 saturated carbocycles. The van der Waals surface area contributed by atoms with E-state index < -0.39 is 10.0 Å². The minimum atomic E-state index is -3.45. The molecule has 154 valence electrons. The summed E-state index contributed by atoms with van der Waals surface area (Å²) in [5.41, 5.74) is 0. The zero-order chi connectivity index (χ0) is 19.3. The lowest BCUT2D eigenvalue weighted by atomic mass is 9.99. The van der Waals surface area contributed by atoms with E-state index in [1.54, 1.807) is 31.6 Å². The number of guanidine groups is 1. The van der Waals surface area contributed by atoms with Crippen molar-refractivity contribution in [1.29, 1.82) is 0 Å². The number of carbonyl (C=O) groups excluding carboxylic acids is 1. The molecule has 1 aromatic rings. The van der Waals surface area contributed by atoms with Crippen LogP contribution in [0.1, 0.15) is 6.92 Å². The highest BCUT2D eigenvalue weighted by molar-refractivity contribution is 14.0. The minimum absolute atomic E-state index is 0. The van der Waals surface area contributed by atoms with Crippen molar-refractivity contribution in [3.63, 3.8) is 0 Å². The monoisotopic (exact) mass is 530 g/mol. The van der Waals surface area contributed by atoms with Crippen LogP contribution in [0, 0.1) is 11.8 Å². The molecule has 1 aliphatic rings. The first-order chi connectivity index (χ1) is 12.3. The molecule has 1 aromatic heterocycles. The van der Waals surface area contributed by atoms with Gasteiger partial charge < -0.3 is 15.0 Å². The number of esters is 1. The molecule has 2 heterocycles. The first kappa shape index (κ1) is 24.1. The molecule has 8 nitrogen and oxygen atoms in total. The highest BCUT2D eigenvalue weighted by atomic mass is 127. The Labute approximate surface area is 182 Å². The Morgan fingerprint density at radius 1 is 1.48 bits per heavy atom. The second-order valence-corrected chi connectivity index (χ2v) is 9.46. The zero-order valence-corrected chi connectivity index (χ0v) is 19.9. The van der Waals surface area contributed by atoms with Crippen LogP contribution in [0.25, 0.3) is 0 Å². The number of ether oxygens (including phenoxy) is 1. The average Bonchev–Trinajstić information content (AvgIpc) is 3.28. The van der Waals surface area contributed by atoms with Gasteiger partial charge in [0.25, 0.3) is 10.0 Å². The number of nitrogens with one attached hydrogen (secondary N) is 1. The first-order valence-electron chi connectivity index (χ1n) is 8.34. The normalized spacial score (nSPS) is 20.5. The SMILES string of the molecule is CN=C(NCCN(C)S(=O)(=O)c1cccs1)N1CC(C)C(C(=O)OC)C1.I. The van der Waals surface area contributed by atoms with Gasteiger partial charge in [-0.3, -0.25) is 9.79 Å².